The Morgan fingerprint density at radius 2 is 2.31 bits per heavy atom. The number of nitrogens with zero attached hydrogens (tertiary/aromatic N) is 1. The summed E-state index contributed by atoms with van der Waals surface area (Å²) in [6.45, 7) is 1.85. The predicted molar refractivity (Wildman–Crippen MR) is 65.2 cm³/mol. The normalized spacial score (nSPS) is 12.7. The van der Waals surface area contributed by atoms with Crippen molar-refractivity contribution in [2.24, 2.45) is 5.73 Å². The third-order valence-electron chi connectivity index (χ3n) is 2.07. The van der Waals surface area contributed by atoms with Gasteiger partial charge in [0.05, 0.1) is 0 Å². The highest BCUT2D eigenvalue weighted by molar-refractivity contribution is 8.01. The molecular weight excluding hydrogens is 243 g/mol. The van der Waals surface area contributed by atoms with Crippen LogP contribution in [0.4, 0.5) is 4.39 Å². The fraction of sp³-hybridized carbons (Fsp3) is 0.182. The van der Waals surface area contributed by atoms with E-state index in [0.717, 1.165) is 14.8 Å². The number of aromatic nitrogens is 1. The fourth-order valence-corrected chi connectivity index (χ4v) is 3.11. The lowest BCUT2D eigenvalue weighted by molar-refractivity contribution is 0.619. The third-order valence-corrected chi connectivity index (χ3v) is 4.04. The molecule has 0 unspecified atom stereocenters. The zero-order valence-electron chi connectivity index (χ0n) is 8.68. The molecule has 84 valence electrons. The lowest BCUT2D eigenvalue weighted by atomic mass is 10.1. The Morgan fingerprint density at radius 3 is 2.94 bits per heavy atom. The minimum Gasteiger partial charge on any atom is -0.324 e. The molecule has 5 heteroatoms. The molecule has 0 bridgehead atoms. The molecule has 2 aromatic rings. The molecule has 2 nitrogen and oxygen atoms in total. The second kappa shape index (κ2) is 4.95. The van der Waals surface area contributed by atoms with Crippen molar-refractivity contribution in [3.63, 3.8) is 0 Å². The number of benzene rings is 1. The smallest absolute Gasteiger partial charge is 0.154 e. The fourth-order valence-electron chi connectivity index (χ4n) is 1.32. The molecule has 0 saturated heterocycles. The SMILES string of the molecule is C[C@@H](N)c1cc(F)ccc1Sc1nccs1. The minimum absolute atomic E-state index is 0.182. The number of rotatable bonds is 3. The first kappa shape index (κ1) is 11.6. The van der Waals surface area contributed by atoms with E-state index in [1.807, 2.05) is 12.3 Å². The Labute approximate surface area is 102 Å². The van der Waals surface area contributed by atoms with Crippen molar-refractivity contribution >= 4 is 23.1 Å². The molecule has 0 saturated carbocycles. The standard InChI is InChI=1S/C11H11FN2S2/c1-7(13)9-6-8(12)2-3-10(9)16-11-14-4-5-15-11/h2-7H,13H2,1H3/t7-/m1/s1. The summed E-state index contributed by atoms with van der Waals surface area (Å²) >= 11 is 3.08. The number of thiazole rings is 1. The Morgan fingerprint density at radius 1 is 1.50 bits per heavy atom. The summed E-state index contributed by atoms with van der Waals surface area (Å²) in [6.07, 6.45) is 1.75. The van der Waals surface area contributed by atoms with E-state index in [0.29, 0.717) is 0 Å². The van der Waals surface area contributed by atoms with Crippen LogP contribution in [0.15, 0.2) is 39.0 Å². The van der Waals surface area contributed by atoms with Crippen molar-refractivity contribution in [3.8, 4) is 0 Å². The molecule has 1 heterocycles. The highest BCUT2D eigenvalue weighted by atomic mass is 32.2. The average Bonchev–Trinajstić information content (AvgIpc) is 2.73. The van der Waals surface area contributed by atoms with Crippen LogP contribution in [-0.2, 0) is 0 Å². The van der Waals surface area contributed by atoms with Gasteiger partial charge in [-0.1, -0.05) is 11.8 Å². The Bertz CT molecular complexity index is 469. The van der Waals surface area contributed by atoms with Gasteiger partial charge in [-0.25, -0.2) is 9.37 Å². The van der Waals surface area contributed by atoms with Crippen LogP contribution in [0.25, 0.3) is 0 Å². The van der Waals surface area contributed by atoms with Crippen LogP contribution < -0.4 is 5.73 Å². The zero-order chi connectivity index (χ0) is 11.5. The molecule has 1 aromatic carbocycles. The van der Waals surface area contributed by atoms with Crippen molar-refractivity contribution in [2.45, 2.75) is 22.2 Å². The first-order valence-electron chi connectivity index (χ1n) is 4.79. The molecule has 0 amide bonds. The van der Waals surface area contributed by atoms with Gasteiger partial charge >= 0.3 is 0 Å². The molecule has 0 fully saturated rings. The van der Waals surface area contributed by atoms with Gasteiger partial charge in [-0.3, -0.25) is 0 Å². The average molecular weight is 254 g/mol. The molecule has 1 atom stereocenters. The van der Waals surface area contributed by atoms with E-state index in [9.17, 15) is 4.39 Å². The Kier molecular flexibility index (Phi) is 3.58. The van der Waals surface area contributed by atoms with E-state index < -0.39 is 0 Å². The predicted octanol–water partition coefficient (Wildman–Crippen LogP) is 3.45. The molecular formula is C11H11FN2S2. The van der Waals surface area contributed by atoms with E-state index in [1.54, 1.807) is 23.6 Å². The van der Waals surface area contributed by atoms with Crippen molar-refractivity contribution in [1.82, 2.24) is 4.98 Å². The van der Waals surface area contributed by atoms with Crippen LogP contribution in [0, 0.1) is 5.82 Å². The molecule has 0 aliphatic carbocycles. The highest BCUT2D eigenvalue weighted by Crippen LogP contribution is 2.34. The maximum Gasteiger partial charge on any atom is 0.154 e. The van der Waals surface area contributed by atoms with Crippen molar-refractivity contribution in [2.75, 3.05) is 0 Å². The number of hydrogen-bond donors (Lipinski definition) is 1. The lowest BCUT2D eigenvalue weighted by Gasteiger charge is -2.11. The van der Waals surface area contributed by atoms with Crippen LogP contribution in [0.5, 0.6) is 0 Å². The topological polar surface area (TPSA) is 38.9 Å². The van der Waals surface area contributed by atoms with E-state index in [4.69, 9.17) is 5.73 Å². The van der Waals surface area contributed by atoms with Gasteiger partial charge < -0.3 is 5.73 Å². The maximum atomic E-state index is 13.1. The van der Waals surface area contributed by atoms with Crippen molar-refractivity contribution < 1.29 is 4.39 Å². The minimum atomic E-state index is -0.254. The Hall–Kier alpha value is -0.910. The van der Waals surface area contributed by atoms with E-state index in [1.165, 1.54) is 23.9 Å². The van der Waals surface area contributed by atoms with Gasteiger partial charge in [0, 0.05) is 22.5 Å². The van der Waals surface area contributed by atoms with Crippen LogP contribution in [0.3, 0.4) is 0 Å². The molecule has 0 radical (unpaired) electrons. The summed E-state index contributed by atoms with van der Waals surface area (Å²) in [5, 5.41) is 1.91. The van der Waals surface area contributed by atoms with Crippen LogP contribution in [0.1, 0.15) is 18.5 Å². The van der Waals surface area contributed by atoms with E-state index in [2.05, 4.69) is 4.98 Å². The van der Waals surface area contributed by atoms with Gasteiger partial charge in [-0.2, -0.15) is 0 Å². The molecule has 16 heavy (non-hydrogen) atoms. The van der Waals surface area contributed by atoms with Crippen molar-refractivity contribution in [1.29, 1.82) is 0 Å². The number of hydrogen-bond acceptors (Lipinski definition) is 4. The zero-order valence-corrected chi connectivity index (χ0v) is 10.3. The van der Waals surface area contributed by atoms with Crippen LogP contribution in [-0.4, -0.2) is 4.98 Å². The van der Waals surface area contributed by atoms with Gasteiger partial charge in [0.1, 0.15) is 5.82 Å². The van der Waals surface area contributed by atoms with Gasteiger partial charge in [0.2, 0.25) is 0 Å². The molecule has 1 aromatic heterocycles. The quantitative estimate of drug-likeness (QED) is 0.911. The summed E-state index contributed by atoms with van der Waals surface area (Å²) in [7, 11) is 0. The summed E-state index contributed by atoms with van der Waals surface area (Å²) in [6, 6.07) is 4.50. The number of halogens is 1. The van der Waals surface area contributed by atoms with Gasteiger partial charge in [0.25, 0.3) is 0 Å². The van der Waals surface area contributed by atoms with Crippen LogP contribution >= 0.6 is 23.1 Å². The molecule has 2 rings (SSSR count). The first-order chi connectivity index (χ1) is 7.66. The van der Waals surface area contributed by atoms with Crippen molar-refractivity contribution in [3.05, 3.63) is 41.2 Å². The second-order valence-electron chi connectivity index (χ2n) is 3.37. The Balaban J connectivity index is 2.33. The maximum absolute atomic E-state index is 13.1. The summed E-state index contributed by atoms with van der Waals surface area (Å²) in [4.78, 5) is 5.15. The van der Waals surface area contributed by atoms with Gasteiger partial charge in [0.15, 0.2) is 4.34 Å². The van der Waals surface area contributed by atoms with Gasteiger partial charge in [-0.05, 0) is 30.7 Å². The third kappa shape index (κ3) is 2.61. The molecule has 2 N–H and O–H groups in total. The summed E-state index contributed by atoms with van der Waals surface area (Å²) in [5.74, 6) is -0.254. The highest BCUT2D eigenvalue weighted by Gasteiger charge is 2.10. The van der Waals surface area contributed by atoms with Crippen LogP contribution in [0.2, 0.25) is 0 Å². The second-order valence-corrected chi connectivity index (χ2v) is 5.55. The van der Waals surface area contributed by atoms with E-state index in [-0.39, 0.29) is 11.9 Å². The molecule has 0 aliphatic heterocycles. The number of nitrogens with two attached hydrogens (primary N) is 1. The summed E-state index contributed by atoms with van der Waals surface area (Å²) in [5.41, 5.74) is 6.63. The van der Waals surface area contributed by atoms with Gasteiger partial charge in [-0.15, -0.1) is 11.3 Å². The molecule has 0 spiro atoms. The lowest BCUT2D eigenvalue weighted by Crippen LogP contribution is -2.06. The van der Waals surface area contributed by atoms with E-state index >= 15 is 0 Å². The first-order valence-corrected chi connectivity index (χ1v) is 6.49. The molecule has 0 aliphatic rings. The monoisotopic (exact) mass is 254 g/mol. The largest absolute Gasteiger partial charge is 0.324 e. The summed E-state index contributed by atoms with van der Waals surface area (Å²) < 4.78 is 14.0.